The molecule has 3 N–H and O–H groups in total. The number of aryl methyl sites for hydroxylation is 1. The van der Waals surface area contributed by atoms with Crippen LogP contribution in [0.3, 0.4) is 0 Å². The van der Waals surface area contributed by atoms with Crippen molar-refractivity contribution in [3.8, 4) is 0 Å². The summed E-state index contributed by atoms with van der Waals surface area (Å²) in [6.45, 7) is 1.79. The highest BCUT2D eigenvalue weighted by atomic mass is 32.1. The first-order valence-corrected chi connectivity index (χ1v) is 5.86. The molecule has 0 bridgehead atoms. The van der Waals surface area contributed by atoms with Gasteiger partial charge in [0.15, 0.2) is 10.9 Å². The van der Waals surface area contributed by atoms with Crippen LogP contribution in [0.2, 0.25) is 0 Å². The van der Waals surface area contributed by atoms with Crippen molar-refractivity contribution in [2.45, 2.75) is 13.3 Å². The van der Waals surface area contributed by atoms with Gasteiger partial charge in [0.2, 0.25) is 0 Å². The lowest BCUT2D eigenvalue weighted by Gasteiger charge is -2.03. The zero-order valence-corrected chi connectivity index (χ0v) is 10.3. The average molecular weight is 266 g/mol. The maximum atomic E-state index is 12.1. The van der Waals surface area contributed by atoms with E-state index in [9.17, 15) is 9.59 Å². The number of carbonyl (C=O) groups is 1. The average Bonchev–Trinajstić information content (AvgIpc) is 2.64. The number of thiazole rings is 1. The highest BCUT2D eigenvalue weighted by Crippen LogP contribution is 2.11. The first kappa shape index (κ1) is 12.2. The Morgan fingerprint density at radius 3 is 3.06 bits per heavy atom. The van der Waals surface area contributed by atoms with Crippen molar-refractivity contribution in [2.24, 2.45) is 5.73 Å². The fourth-order valence-electron chi connectivity index (χ4n) is 1.51. The maximum absolute atomic E-state index is 12.1. The van der Waals surface area contributed by atoms with E-state index in [0.717, 1.165) is 5.69 Å². The van der Waals surface area contributed by atoms with Crippen LogP contribution in [0, 0.1) is 12.3 Å². The van der Waals surface area contributed by atoms with Crippen LogP contribution in [0.4, 0.5) is 4.79 Å². The van der Waals surface area contributed by atoms with Crippen LogP contribution in [-0.4, -0.2) is 21.4 Å². The molecule has 2 aromatic rings. The van der Waals surface area contributed by atoms with Crippen LogP contribution < -0.4 is 11.3 Å². The Kier molecular flexibility index (Phi) is 3.11. The smallest absolute Gasteiger partial charge is 0.396 e. The van der Waals surface area contributed by atoms with Crippen molar-refractivity contribution in [3.05, 3.63) is 33.2 Å². The van der Waals surface area contributed by atoms with E-state index in [1.807, 2.05) is 5.38 Å². The minimum absolute atomic E-state index is 0.118. The molecule has 0 aliphatic heterocycles. The number of primary amides is 1. The number of aromatic nitrogens is 2. The van der Waals surface area contributed by atoms with E-state index in [-0.39, 0.29) is 23.4 Å². The molecule has 0 fully saturated rings. The fourth-order valence-corrected chi connectivity index (χ4v) is 2.34. The van der Waals surface area contributed by atoms with Gasteiger partial charge in [-0.1, -0.05) is 0 Å². The third kappa shape index (κ3) is 2.23. The number of nitrogens with zero attached hydrogens (tertiary/aromatic N) is 2. The second kappa shape index (κ2) is 4.57. The summed E-state index contributed by atoms with van der Waals surface area (Å²) in [4.78, 5) is 27.3. The first-order chi connectivity index (χ1) is 8.49. The number of hydrogen-bond donors (Lipinski definition) is 2. The molecule has 18 heavy (non-hydrogen) atoms. The summed E-state index contributed by atoms with van der Waals surface area (Å²) in [6.07, 6.45) is 0.195. The molecule has 0 aromatic carbocycles. The number of hydrogen-bond acceptors (Lipinski definition) is 6. The Balaban J connectivity index is 2.37. The number of nitrogens with one attached hydrogen (secondary N) is 1. The molecule has 2 heterocycles. The van der Waals surface area contributed by atoms with Crippen LogP contribution in [-0.2, 0) is 11.2 Å². The van der Waals surface area contributed by atoms with Crippen molar-refractivity contribution in [1.29, 1.82) is 5.41 Å². The molecule has 0 aliphatic rings. The van der Waals surface area contributed by atoms with Gasteiger partial charge in [0, 0.05) is 22.8 Å². The van der Waals surface area contributed by atoms with Gasteiger partial charge in [-0.15, -0.1) is 11.3 Å². The molecule has 2 rings (SSSR count). The number of amides is 1. The molecular formula is C10H10N4O3S. The number of carbonyl (C=O) groups excluding carboxylic acids is 1. The summed E-state index contributed by atoms with van der Waals surface area (Å²) < 4.78 is 5.84. The SMILES string of the molecule is Cc1csc2ncc(CC(=N)OC(N)=O)c(=O)n12. The quantitative estimate of drug-likeness (QED) is 0.615. The summed E-state index contributed by atoms with van der Waals surface area (Å²) in [7, 11) is 0. The molecule has 2 aromatic heterocycles. The van der Waals surface area contributed by atoms with Crippen LogP contribution in [0.1, 0.15) is 11.3 Å². The first-order valence-electron chi connectivity index (χ1n) is 4.98. The minimum atomic E-state index is -1.07. The number of fused-ring (bicyclic) bond motifs is 1. The van der Waals surface area contributed by atoms with E-state index in [2.05, 4.69) is 9.72 Å². The summed E-state index contributed by atoms with van der Waals surface area (Å²) in [5.41, 5.74) is 5.57. The molecule has 0 saturated heterocycles. The van der Waals surface area contributed by atoms with Crippen LogP contribution in [0.25, 0.3) is 4.96 Å². The number of ether oxygens (including phenoxy) is 1. The molecule has 0 unspecified atom stereocenters. The zero-order chi connectivity index (χ0) is 13.3. The Labute approximate surface area is 105 Å². The number of rotatable bonds is 2. The summed E-state index contributed by atoms with van der Waals surface area (Å²) in [5.74, 6) is -0.380. The van der Waals surface area contributed by atoms with Crippen molar-refractivity contribution in [2.75, 3.05) is 0 Å². The summed E-state index contributed by atoms with van der Waals surface area (Å²) in [6, 6.07) is 0. The van der Waals surface area contributed by atoms with E-state index < -0.39 is 6.09 Å². The standard InChI is InChI=1S/C10H10N4O3S/c1-5-4-18-10-13-3-6(8(15)14(5)10)2-7(11)17-9(12)16/h3-4,11H,2H2,1H3,(H2,12,16). The second-order valence-electron chi connectivity index (χ2n) is 3.60. The van der Waals surface area contributed by atoms with Crippen molar-refractivity contribution >= 4 is 28.3 Å². The molecule has 7 nitrogen and oxygen atoms in total. The van der Waals surface area contributed by atoms with Crippen LogP contribution in [0.15, 0.2) is 16.4 Å². The lowest BCUT2D eigenvalue weighted by Crippen LogP contribution is -2.24. The van der Waals surface area contributed by atoms with E-state index in [1.165, 1.54) is 21.9 Å². The Hall–Kier alpha value is -2.22. The highest BCUT2D eigenvalue weighted by Gasteiger charge is 2.12. The van der Waals surface area contributed by atoms with E-state index in [1.54, 1.807) is 6.92 Å². The molecule has 0 aliphatic carbocycles. The molecule has 1 amide bonds. The minimum Gasteiger partial charge on any atom is -0.396 e. The predicted octanol–water partition coefficient (Wildman–Crippen LogP) is 0.679. The topological polar surface area (TPSA) is 111 Å². The van der Waals surface area contributed by atoms with Gasteiger partial charge in [-0.25, -0.2) is 9.78 Å². The lowest BCUT2D eigenvalue weighted by atomic mass is 10.2. The van der Waals surface area contributed by atoms with Crippen molar-refractivity contribution in [3.63, 3.8) is 0 Å². The summed E-state index contributed by atoms with van der Waals surface area (Å²) >= 11 is 1.36. The van der Waals surface area contributed by atoms with E-state index in [4.69, 9.17) is 11.1 Å². The van der Waals surface area contributed by atoms with Gasteiger partial charge in [0.05, 0.1) is 6.42 Å². The molecule has 0 saturated carbocycles. The second-order valence-corrected chi connectivity index (χ2v) is 4.44. The largest absolute Gasteiger partial charge is 0.411 e. The normalized spacial score (nSPS) is 10.5. The Bertz CT molecular complexity index is 688. The maximum Gasteiger partial charge on any atom is 0.411 e. The van der Waals surface area contributed by atoms with Gasteiger partial charge in [0.1, 0.15) is 0 Å². The molecule has 94 valence electrons. The third-order valence-electron chi connectivity index (χ3n) is 2.26. The van der Waals surface area contributed by atoms with E-state index >= 15 is 0 Å². The summed E-state index contributed by atoms with van der Waals surface area (Å²) in [5, 5.41) is 9.20. The fraction of sp³-hybridized carbons (Fsp3) is 0.200. The lowest BCUT2D eigenvalue weighted by molar-refractivity contribution is 0.206. The van der Waals surface area contributed by atoms with Crippen molar-refractivity contribution in [1.82, 2.24) is 9.38 Å². The van der Waals surface area contributed by atoms with Crippen molar-refractivity contribution < 1.29 is 9.53 Å². The monoisotopic (exact) mass is 266 g/mol. The molecule has 0 spiro atoms. The van der Waals surface area contributed by atoms with Gasteiger partial charge in [-0.2, -0.15) is 0 Å². The molecular weight excluding hydrogens is 256 g/mol. The predicted molar refractivity (Wildman–Crippen MR) is 66.2 cm³/mol. The van der Waals surface area contributed by atoms with Crippen LogP contribution in [0.5, 0.6) is 0 Å². The van der Waals surface area contributed by atoms with Gasteiger partial charge in [-0.3, -0.25) is 14.6 Å². The van der Waals surface area contributed by atoms with Gasteiger partial charge in [-0.05, 0) is 6.92 Å². The van der Waals surface area contributed by atoms with Gasteiger partial charge >= 0.3 is 6.09 Å². The number of nitrogens with two attached hydrogens (primary N) is 1. The molecule has 0 atom stereocenters. The van der Waals surface area contributed by atoms with Gasteiger partial charge in [0.25, 0.3) is 5.56 Å². The van der Waals surface area contributed by atoms with Gasteiger partial charge < -0.3 is 10.5 Å². The highest BCUT2D eigenvalue weighted by molar-refractivity contribution is 7.15. The third-order valence-corrected chi connectivity index (χ3v) is 3.22. The Morgan fingerprint density at radius 1 is 1.67 bits per heavy atom. The van der Waals surface area contributed by atoms with E-state index in [0.29, 0.717) is 4.96 Å². The zero-order valence-electron chi connectivity index (χ0n) is 9.47. The molecule has 0 radical (unpaired) electrons. The van der Waals surface area contributed by atoms with Crippen LogP contribution >= 0.6 is 11.3 Å². The molecule has 8 heteroatoms. The Morgan fingerprint density at radius 2 is 2.39 bits per heavy atom.